The Kier molecular flexibility index (Phi) is 4.45. The molecule has 98 valence electrons. The molecule has 0 bridgehead atoms. The number of carbonyl (C=O) groups excluding carboxylic acids is 1. The minimum Gasteiger partial charge on any atom is -0.319 e. The first kappa shape index (κ1) is 14.3. The van der Waals surface area contributed by atoms with Crippen molar-refractivity contribution in [1.29, 1.82) is 0 Å². The van der Waals surface area contributed by atoms with E-state index in [4.69, 9.17) is 23.2 Å². The molecule has 0 fully saturated rings. The molecule has 2 rings (SSSR count). The Balaban J connectivity index is 2.32. The summed E-state index contributed by atoms with van der Waals surface area (Å²) in [5.41, 5.74) is 1.74. The molecule has 0 aliphatic rings. The number of aromatic nitrogens is 1. The number of aryl methyl sites for hydroxylation is 1. The Bertz CT molecular complexity index is 623. The normalized spacial score (nSPS) is 10.3. The van der Waals surface area contributed by atoms with E-state index >= 15 is 0 Å². The molecule has 0 saturated heterocycles. The number of carbonyl (C=O) groups is 1. The van der Waals surface area contributed by atoms with E-state index in [0.717, 1.165) is 5.56 Å². The Hall–Kier alpha value is -1.10. The molecule has 3 nitrogen and oxygen atoms in total. The monoisotopic (exact) mass is 358 g/mol. The zero-order valence-corrected chi connectivity index (χ0v) is 13.0. The fraction of sp³-hybridized carbons (Fsp3) is 0.0769. The molecular weight excluding hydrogens is 351 g/mol. The van der Waals surface area contributed by atoms with Gasteiger partial charge < -0.3 is 5.32 Å². The van der Waals surface area contributed by atoms with Crippen molar-refractivity contribution >= 4 is 50.7 Å². The van der Waals surface area contributed by atoms with Gasteiger partial charge in [0.15, 0.2) is 5.15 Å². The lowest BCUT2D eigenvalue weighted by Crippen LogP contribution is -2.14. The van der Waals surface area contributed by atoms with Crippen LogP contribution in [0.15, 0.2) is 34.8 Å². The molecule has 6 heteroatoms. The second-order valence-corrected chi connectivity index (χ2v) is 5.46. The van der Waals surface area contributed by atoms with Gasteiger partial charge in [0, 0.05) is 4.47 Å². The van der Waals surface area contributed by atoms with Crippen LogP contribution in [0.1, 0.15) is 15.9 Å². The number of rotatable bonds is 2. The van der Waals surface area contributed by atoms with Gasteiger partial charge in [0.25, 0.3) is 5.91 Å². The lowest BCUT2D eigenvalue weighted by molar-refractivity contribution is 0.102. The summed E-state index contributed by atoms with van der Waals surface area (Å²) in [6.07, 6.45) is 0. The number of hydrogen-bond donors (Lipinski definition) is 1. The summed E-state index contributed by atoms with van der Waals surface area (Å²) in [6.45, 7) is 1.80. The van der Waals surface area contributed by atoms with E-state index in [1.165, 1.54) is 0 Å². The molecule has 0 saturated carbocycles. The Labute approximate surface area is 129 Å². The van der Waals surface area contributed by atoms with E-state index in [9.17, 15) is 4.79 Å². The SMILES string of the molecule is Cc1cc(Cl)nc(Cl)c1NC(=O)c1ccccc1Br. The third-order valence-electron chi connectivity index (χ3n) is 2.50. The van der Waals surface area contributed by atoms with Crippen molar-refractivity contribution in [3.05, 3.63) is 56.2 Å². The summed E-state index contributed by atoms with van der Waals surface area (Å²) in [6, 6.07) is 8.77. The van der Waals surface area contributed by atoms with E-state index in [1.54, 1.807) is 31.2 Å². The highest BCUT2D eigenvalue weighted by Crippen LogP contribution is 2.27. The molecule has 1 heterocycles. The van der Waals surface area contributed by atoms with Crippen LogP contribution in [-0.4, -0.2) is 10.9 Å². The molecule has 0 aliphatic heterocycles. The predicted molar refractivity (Wildman–Crippen MR) is 81.1 cm³/mol. The Morgan fingerprint density at radius 1 is 1.32 bits per heavy atom. The van der Waals surface area contributed by atoms with Crippen molar-refractivity contribution in [3.63, 3.8) is 0 Å². The number of benzene rings is 1. The average molecular weight is 360 g/mol. The zero-order chi connectivity index (χ0) is 14.0. The van der Waals surface area contributed by atoms with E-state index < -0.39 is 0 Å². The van der Waals surface area contributed by atoms with Gasteiger partial charge in [0.2, 0.25) is 0 Å². The molecule has 19 heavy (non-hydrogen) atoms. The zero-order valence-electron chi connectivity index (χ0n) is 9.88. The van der Waals surface area contributed by atoms with Crippen LogP contribution in [0.25, 0.3) is 0 Å². The van der Waals surface area contributed by atoms with Crippen molar-refractivity contribution in [1.82, 2.24) is 4.98 Å². The molecule has 1 amide bonds. The molecule has 0 radical (unpaired) electrons. The van der Waals surface area contributed by atoms with Crippen LogP contribution in [0.2, 0.25) is 10.3 Å². The number of amides is 1. The van der Waals surface area contributed by atoms with Crippen LogP contribution >= 0.6 is 39.1 Å². The van der Waals surface area contributed by atoms with Gasteiger partial charge in [-0.15, -0.1) is 0 Å². The summed E-state index contributed by atoms with van der Waals surface area (Å²) in [4.78, 5) is 16.1. The smallest absolute Gasteiger partial charge is 0.256 e. The third-order valence-corrected chi connectivity index (χ3v) is 3.66. The van der Waals surface area contributed by atoms with Gasteiger partial charge in [-0.1, -0.05) is 35.3 Å². The highest BCUT2D eigenvalue weighted by Gasteiger charge is 2.14. The van der Waals surface area contributed by atoms with Crippen LogP contribution in [0.4, 0.5) is 5.69 Å². The fourth-order valence-corrected chi connectivity index (χ4v) is 2.62. The molecule has 1 aromatic carbocycles. The largest absolute Gasteiger partial charge is 0.319 e. The van der Waals surface area contributed by atoms with Gasteiger partial charge in [-0.05, 0) is 46.6 Å². The molecule has 0 atom stereocenters. The van der Waals surface area contributed by atoms with E-state index in [0.29, 0.717) is 20.9 Å². The van der Waals surface area contributed by atoms with Gasteiger partial charge in [0.1, 0.15) is 5.15 Å². The lowest BCUT2D eigenvalue weighted by atomic mass is 10.2. The maximum Gasteiger partial charge on any atom is 0.256 e. The third kappa shape index (κ3) is 3.26. The number of pyridine rings is 1. The maximum atomic E-state index is 12.2. The van der Waals surface area contributed by atoms with Crippen molar-refractivity contribution in [2.75, 3.05) is 5.32 Å². The maximum absolute atomic E-state index is 12.2. The van der Waals surface area contributed by atoms with E-state index in [2.05, 4.69) is 26.2 Å². The molecular formula is C13H9BrCl2N2O. The predicted octanol–water partition coefficient (Wildman–Crippen LogP) is 4.71. The van der Waals surface area contributed by atoms with Gasteiger partial charge >= 0.3 is 0 Å². The van der Waals surface area contributed by atoms with Gasteiger partial charge in [-0.2, -0.15) is 0 Å². The lowest BCUT2D eigenvalue weighted by Gasteiger charge is -2.11. The second-order valence-electron chi connectivity index (χ2n) is 3.86. The summed E-state index contributed by atoms with van der Waals surface area (Å²) in [5.74, 6) is -0.262. The highest BCUT2D eigenvalue weighted by atomic mass is 79.9. The first-order valence-corrected chi connectivity index (χ1v) is 6.92. The standard InChI is InChI=1S/C13H9BrCl2N2O/c1-7-6-10(15)17-12(16)11(7)18-13(19)8-4-2-3-5-9(8)14/h2-6H,1H3,(H,18,19). The van der Waals surface area contributed by atoms with Crippen LogP contribution in [0, 0.1) is 6.92 Å². The summed E-state index contributed by atoms with van der Waals surface area (Å²) in [7, 11) is 0. The minimum atomic E-state index is -0.262. The molecule has 0 spiro atoms. The highest BCUT2D eigenvalue weighted by molar-refractivity contribution is 9.10. The van der Waals surface area contributed by atoms with Crippen LogP contribution in [-0.2, 0) is 0 Å². The van der Waals surface area contributed by atoms with Gasteiger partial charge in [-0.3, -0.25) is 4.79 Å². The topological polar surface area (TPSA) is 42.0 Å². The van der Waals surface area contributed by atoms with E-state index in [1.807, 2.05) is 6.07 Å². The first-order valence-electron chi connectivity index (χ1n) is 5.37. The van der Waals surface area contributed by atoms with Gasteiger partial charge in [0.05, 0.1) is 11.3 Å². The molecule has 1 aromatic heterocycles. The summed E-state index contributed by atoms with van der Waals surface area (Å²) >= 11 is 15.1. The van der Waals surface area contributed by atoms with Crippen LogP contribution in [0.5, 0.6) is 0 Å². The Morgan fingerprint density at radius 2 is 2.00 bits per heavy atom. The number of hydrogen-bond acceptors (Lipinski definition) is 2. The van der Waals surface area contributed by atoms with Gasteiger partial charge in [-0.25, -0.2) is 4.98 Å². The van der Waals surface area contributed by atoms with Crippen LogP contribution in [0.3, 0.4) is 0 Å². The molecule has 2 aromatic rings. The number of anilines is 1. The summed E-state index contributed by atoms with van der Waals surface area (Å²) in [5, 5.41) is 3.21. The van der Waals surface area contributed by atoms with Crippen molar-refractivity contribution in [2.45, 2.75) is 6.92 Å². The summed E-state index contributed by atoms with van der Waals surface area (Å²) < 4.78 is 0.711. The molecule has 0 unspecified atom stereocenters. The number of nitrogens with one attached hydrogen (secondary N) is 1. The molecule has 0 aliphatic carbocycles. The quantitative estimate of drug-likeness (QED) is 0.789. The minimum absolute atomic E-state index is 0.172. The van der Waals surface area contributed by atoms with Crippen molar-refractivity contribution < 1.29 is 4.79 Å². The second kappa shape index (κ2) is 5.90. The molecule has 1 N–H and O–H groups in total. The fourth-order valence-electron chi connectivity index (χ4n) is 1.57. The van der Waals surface area contributed by atoms with Crippen molar-refractivity contribution in [2.24, 2.45) is 0 Å². The average Bonchev–Trinajstić information content (AvgIpc) is 2.34. The number of halogens is 3. The van der Waals surface area contributed by atoms with E-state index in [-0.39, 0.29) is 11.1 Å². The van der Waals surface area contributed by atoms with Crippen LogP contribution < -0.4 is 5.32 Å². The first-order chi connectivity index (χ1) is 8.99. The van der Waals surface area contributed by atoms with Crippen molar-refractivity contribution in [3.8, 4) is 0 Å². The number of nitrogens with zero attached hydrogens (tertiary/aromatic N) is 1. The Morgan fingerprint density at radius 3 is 2.63 bits per heavy atom.